The van der Waals surface area contributed by atoms with Gasteiger partial charge in [-0.05, 0) is 12.8 Å². The summed E-state index contributed by atoms with van der Waals surface area (Å²) in [5.41, 5.74) is 5.68. The van der Waals surface area contributed by atoms with Gasteiger partial charge < -0.3 is 20.7 Å². The van der Waals surface area contributed by atoms with Crippen LogP contribution in [0.2, 0.25) is 0 Å². The van der Waals surface area contributed by atoms with Gasteiger partial charge in [0.2, 0.25) is 11.8 Å². The number of nitrogens with two attached hydrogens (primary N) is 1. The summed E-state index contributed by atoms with van der Waals surface area (Å²) in [4.78, 5) is 34.7. The van der Waals surface area contributed by atoms with Gasteiger partial charge in [-0.25, -0.2) is 0 Å². The van der Waals surface area contributed by atoms with Crippen molar-refractivity contribution in [2.75, 3.05) is 13.6 Å². The number of carbonyl (C=O) groups is 3. The van der Waals surface area contributed by atoms with Crippen molar-refractivity contribution < 1.29 is 14.4 Å². The van der Waals surface area contributed by atoms with E-state index in [9.17, 15) is 14.4 Å². The topological polar surface area (TPSA) is 92.5 Å². The molecular formula is C20H47N3O3. The van der Waals surface area contributed by atoms with E-state index in [1.807, 2.05) is 55.4 Å². The van der Waals surface area contributed by atoms with E-state index in [4.69, 9.17) is 5.73 Å². The van der Waals surface area contributed by atoms with Gasteiger partial charge in [-0.15, -0.1) is 0 Å². The Morgan fingerprint density at radius 1 is 1.00 bits per heavy atom. The maximum absolute atomic E-state index is 11.7. The van der Waals surface area contributed by atoms with Crippen molar-refractivity contribution in [1.29, 1.82) is 0 Å². The Bertz CT molecular complexity index is 309. The fourth-order valence-electron chi connectivity index (χ4n) is 1.17. The monoisotopic (exact) mass is 377 g/mol. The molecule has 0 aromatic carbocycles. The lowest BCUT2D eigenvalue weighted by atomic mass is 10.0. The fourth-order valence-corrected chi connectivity index (χ4v) is 1.17. The normalized spacial score (nSPS) is 10.5. The molecule has 2 amide bonds. The highest BCUT2D eigenvalue weighted by Gasteiger charge is 2.22. The Kier molecular flexibility index (Phi) is 38.9. The highest BCUT2D eigenvalue weighted by molar-refractivity contribution is 5.88. The van der Waals surface area contributed by atoms with Crippen molar-refractivity contribution in [2.24, 2.45) is 11.7 Å². The van der Waals surface area contributed by atoms with Gasteiger partial charge >= 0.3 is 0 Å². The largest absolute Gasteiger partial charge is 0.345 e. The van der Waals surface area contributed by atoms with Crippen molar-refractivity contribution in [2.45, 2.75) is 94.7 Å². The molecule has 3 N–H and O–H groups in total. The van der Waals surface area contributed by atoms with Gasteiger partial charge in [0.25, 0.3) is 0 Å². The molecule has 0 aliphatic heterocycles. The molecule has 2 atom stereocenters. The number of rotatable bonds is 6. The number of carbonyl (C=O) groups excluding carboxylic acids is 3. The van der Waals surface area contributed by atoms with E-state index >= 15 is 0 Å². The molecule has 0 rings (SSSR count). The summed E-state index contributed by atoms with van der Waals surface area (Å²) in [5, 5.41) is 2.44. The third-order valence-electron chi connectivity index (χ3n) is 2.35. The molecule has 0 heterocycles. The highest BCUT2D eigenvalue weighted by Crippen LogP contribution is 2.01. The number of nitrogens with zero attached hydrogens (tertiary/aromatic N) is 1. The van der Waals surface area contributed by atoms with Crippen LogP contribution in [0.1, 0.15) is 82.6 Å². The molecule has 0 aliphatic rings. The SMILES string of the molecule is CC.CC.CC.CC(C)C(N)C(=O)N(C)CC(=O)N[C@@H](C)C=O.CCC. The molecule has 6 heteroatoms. The van der Waals surface area contributed by atoms with Crippen LogP contribution in [-0.4, -0.2) is 48.7 Å². The Morgan fingerprint density at radius 2 is 1.35 bits per heavy atom. The molecule has 0 spiro atoms. The highest BCUT2D eigenvalue weighted by atomic mass is 16.2. The van der Waals surface area contributed by atoms with Crippen molar-refractivity contribution in [3.8, 4) is 0 Å². The summed E-state index contributed by atoms with van der Waals surface area (Å²) in [6.07, 6.45) is 1.87. The van der Waals surface area contributed by atoms with Crippen LogP contribution in [0.3, 0.4) is 0 Å². The van der Waals surface area contributed by atoms with E-state index in [1.165, 1.54) is 18.4 Å². The summed E-state index contributed by atoms with van der Waals surface area (Å²) in [5.74, 6) is -0.646. The van der Waals surface area contributed by atoms with Crippen LogP contribution < -0.4 is 11.1 Å². The summed E-state index contributed by atoms with van der Waals surface area (Å²) in [7, 11) is 1.51. The van der Waals surface area contributed by atoms with Crippen LogP contribution in [0.25, 0.3) is 0 Å². The molecule has 0 fully saturated rings. The molecule has 0 saturated heterocycles. The van der Waals surface area contributed by atoms with Gasteiger partial charge in [0, 0.05) is 7.05 Å². The molecular weight excluding hydrogens is 330 g/mol. The summed E-state index contributed by atoms with van der Waals surface area (Å²) < 4.78 is 0. The maximum Gasteiger partial charge on any atom is 0.240 e. The molecule has 0 aromatic heterocycles. The molecule has 0 bridgehead atoms. The van der Waals surface area contributed by atoms with Gasteiger partial charge in [-0.2, -0.15) is 0 Å². The first-order valence-corrected chi connectivity index (χ1v) is 9.96. The average Bonchev–Trinajstić information content (AvgIpc) is 2.65. The molecule has 0 radical (unpaired) electrons. The zero-order valence-electron chi connectivity index (χ0n) is 19.5. The van der Waals surface area contributed by atoms with E-state index in [2.05, 4.69) is 19.2 Å². The van der Waals surface area contributed by atoms with Crippen LogP contribution in [0, 0.1) is 5.92 Å². The number of hydrogen-bond acceptors (Lipinski definition) is 4. The van der Waals surface area contributed by atoms with Crippen molar-refractivity contribution in [3.05, 3.63) is 0 Å². The van der Waals surface area contributed by atoms with Crippen LogP contribution in [-0.2, 0) is 14.4 Å². The minimum Gasteiger partial charge on any atom is -0.345 e. The van der Waals surface area contributed by atoms with E-state index in [1.54, 1.807) is 6.92 Å². The van der Waals surface area contributed by atoms with Gasteiger partial charge in [-0.3, -0.25) is 9.59 Å². The Morgan fingerprint density at radius 3 is 1.62 bits per heavy atom. The van der Waals surface area contributed by atoms with Crippen molar-refractivity contribution in [3.63, 3.8) is 0 Å². The zero-order valence-corrected chi connectivity index (χ0v) is 19.5. The second-order valence-corrected chi connectivity index (χ2v) is 5.16. The van der Waals surface area contributed by atoms with E-state index < -0.39 is 12.1 Å². The first-order chi connectivity index (χ1) is 12.2. The summed E-state index contributed by atoms with van der Waals surface area (Å²) in [6, 6.07) is -1.17. The smallest absolute Gasteiger partial charge is 0.240 e. The molecule has 0 aliphatic carbocycles. The standard InChI is InChI=1S/C11H21N3O3.C3H8.3C2H6/c1-7(2)10(12)11(17)14(4)5-9(16)13-8(3)6-15;1-3-2;3*1-2/h6-8,10H,5,12H2,1-4H3,(H,13,16);3H2,1-2H3;3*1-2H3/t8-,10?;;;;/m0..../s1. The zero-order chi connectivity index (χ0) is 22.3. The van der Waals surface area contributed by atoms with Crippen LogP contribution >= 0.6 is 0 Å². The third kappa shape index (κ3) is 24.8. The number of nitrogens with one attached hydrogen (secondary N) is 1. The third-order valence-corrected chi connectivity index (χ3v) is 2.35. The summed E-state index contributed by atoms with van der Waals surface area (Å²) in [6.45, 7) is 21.4. The van der Waals surface area contributed by atoms with Crippen LogP contribution in [0.5, 0.6) is 0 Å². The van der Waals surface area contributed by atoms with Crippen LogP contribution in [0.15, 0.2) is 0 Å². The maximum atomic E-state index is 11.7. The summed E-state index contributed by atoms with van der Waals surface area (Å²) >= 11 is 0. The number of likely N-dealkylation sites (N-methyl/N-ethyl adjacent to an activating group) is 1. The lowest BCUT2D eigenvalue weighted by Gasteiger charge is -2.23. The molecule has 26 heavy (non-hydrogen) atoms. The van der Waals surface area contributed by atoms with Gasteiger partial charge in [0.1, 0.15) is 6.29 Å². The number of amides is 2. The number of aldehydes is 1. The lowest BCUT2D eigenvalue weighted by molar-refractivity contribution is -0.136. The first-order valence-electron chi connectivity index (χ1n) is 9.96. The second-order valence-electron chi connectivity index (χ2n) is 5.16. The van der Waals surface area contributed by atoms with Crippen molar-refractivity contribution >= 4 is 18.1 Å². The molecule has 6 nitrogen and oxygen atoms in total. The van der Waals surface area contributed by atoms with Gasteiger partial charge in [0.05, 0.1) is 18.6 Å². The lowest BCUT2D eigenvalue weighted by Crippen LogP contribution is -2.49. The van der Waals surface area contributed by atoms with E-state index in [0.717, 1.165) is 0 Å². The van der Waals surface area contributed by atoms with Gasteiger partial charge in [0.15, 0.2) is 0 Å². The minimum absolute atomic E-state index is 0.0157. The molecule has 1 unspecified atom stereocenters. The van der Waals surface area contributed by atoms with Gasteiger partial charge in [-0.1, -0.05) is 75.7 Å². The van der Waals surface area contributed by atoms with Crippen molar-refractivity contribution in [1.82, 2.24) is 10.2 Å². The molecule has 0 saturated carbocycles. The quantitative estimate of drug-likeness (QED) is 0.691. The first kappa shape index (κ1) is 35.6. The molecule has 160 valence electrons. The predicted molar refractivity (Wildman–Crippen MR) is 114 cm³/mol. The molecule has 0 aromatic rings. The Balaban J connectivity index is -0.000000139. The number of hydrogen-bond donors (Lipinski definition) is 2. The Hall–Kier alpha value is -1.43. The second kappa shape index (κ2) is 28.4. The van der Waals surface area contributed by atoms with E-state index in [0.29, 0.717) is 6.29 Å². The average molecular weight is 378 g/mol. The van der Waals surface area contributed by atoms with Crippen LogP contribution in [0.4, 0.5) is 0 Å². The minimum atomic E-state index is -0.615. The predicted octanol–water partition coefficient (Wildman–Crippen LogP) is 3.63. The Labute approximate surface area is 163 Å². The fraction of sp³-hybridized carbons (Fsp3) is 0.850. The van der Waals surface area contributed by atoms with E-state index in [-0.39, 0.29) is 24.3 Å².